The largest absolute Gasteiger partial charge is 0.480 e. The van der Waals surface area contributed by atoms with E-state index in [-0.39, 0.29) is 24.5 Å². The van der Waals surface area contributed by atoms with E-state index < -0.39 is 5.97 Å². The van der Waals surface area contributed by atoms with Gasteiger partial charge in [0, 0.05) is 12.8 Å². The molecule has 2 N–H and O–H groups in total. The third-order valence-corrected chi connectivity index (χ3v) is 10.6. The summed E-state index contributed by atoms with van der Waals surface area (Å²) in [5, 5.41) is 11.1. The standard InChI is InChI=1S/C48H89NO5/c1-3-5-7-9-11-13-15-17-18-19-20-21-22-24-26-28-30-35-39-43-48(53)54-45(41-37-33-31-34-38-42-46(50)49-44-47(51)52)40-36-32-29-27-25-23-16-14-12-10-8-6-4-2/h16,23,27,29,45H,3-15,17-22,24-26,28,30-44H2,1-2H3,(H,49,50)(H,51,52)/b23-16-,29-27-. The number of carbonyl (C=O) groups is 3. The van der Waals surface area contributed by atoms with Gasteiger partial charge >= 0.3 is 11.9 Å². The van der Waals surface area contributed by atoms with Crippen molar-refractivity contribution in [3.05, 3.63) is 24.3 Å². The Morgan fingerprint density at radius 3 is 1.35 bits per heavy atom. The summed E-state index contributed by atoms with van der Waals surface area (Å²) in [7, 11) is 0. The van der Waals surface area contributed by atoms with E-state index in [1.165, 1.54) is 148 Å². The van der Waals surface area contributed by atoms with E-state index in [0.717, 1.165) is 77.0 Å². The number of ether oxygens (including phenoxy) is 1. The molecule has 0 aliphatic rings. The molecule has 0 spiro atoms. The Balaban J connectivity index is 4.13. The lowest BCUT2D eigenvalue weighted by Crippen LogP contribution is -2.28. The summed E-state index contributed by atoms with van der Waals surface area (Å²) in [5.41, 5.74) is 0. The van der Waals surface area contributed by atoms with Gasteiger partial charge in [-0.2, -0.15) is 0 Å². The maximum absolute atomic E-state index is 12.8. The van der Waals surface area contributed by atoms with Crippen LogP contribution < -0.4 is 5.32 Å². The van der Waals surface area contributed by atoms with Crippen LogP contribution in [-0.4, -0.2) is 35.6 Å². The maximum atomic E-state index is 12.8. The van der Waals surface area contributed by atoms with Crippen LogP contribution in [0.25, 0.3) is 0 Å². The van der Waals surface area contributed by atoms with Gasteiger partial charge in [0.1, 0.15) is 12.6 Å². The number of hydrogen-bond acceptors (Lipinski definition) is 4. The number of aliphatic carboxylic acids is 1. The van der Waals surface area contributed by atoms with E-state index in [9.17, 15) is 14.4 Å². The quantitative estimate of drug-likeness (QED) is 0.0367. The molecule has 1 amide bonds. The molecule has 0 fully saturated rings. The van der Waals surface area contributed by atoms with E-state index in [1.807, 2.05) is 0 Å². The van der Waals surface area contributed by atoms with Crippen molar-refractivity contribution >= 4 is 17.8 Å². The lowest BCUT2D eigenvalue weighted by molar-refractivity contribution is -0.150. The molecule has 0 aliphatic carbocycles. The Hall–Kier alpha value is -2.11. The summed E-state index contributed by atoms with van der Waals surface area (Å²) >= 11 is 0. The zero-order valence-electron chi connectivity index (χ0n) is 35.8. The molecule has 6 heteroatoms. The van der Waals surface area contributed by atoms with Crippen LogP contribution >= 0.6 is 0 Å². The molecule has 316 valence electrons. The highest BCUT2D eigenvalue weighted by molar-refractivity contribution is 5.80. The number of rotatable bonds is 43. The fraction of sp³-hybridized carbons (Fsp3) is 0.854. The van der Waals surface area contributed by atoms with E-state index in [2.05, 4.69) is 43.5 Å². The predicted octanol–water partition coefficient (Wildman–Crippen LogP) is 14.7. The van der Waals surface area contributed by atoms with E-state index >= 15 is 0 Å². The topological polar surface area (TPSA) is 92.7 Å². The Morgan fingerprint density at radius 2 is 0.870 bits per heavy atom. The molecule has 54 heavy (non-hydrogen) atoms. The Morgan fingerprint density at radius 1 is 0.481 bits per heavy atom. The smallest absolute Gasteiger partial charge is 0.322 e. The molecule has 1 unspecified atom stereocenters. The second kappa shape index (κ2) is 43.6. The third kappa shape index (κ3) is 42.6. The van der Waals surface area contributed by atoms with Crippen LogP contribution in [-0.2, 0) is 19.1 Å². The van der Waals surface area contributed by atoms with Gasteiger partial charge in [-0.05, 0) is 64.2 Å². The molecule has 0 radical (unpaired) electrons. The van der Waals surface area contributed by atoms with Crippen molar-refractivity contribution in [2.45, 2.75) is 258 Å². The molecule has 0 heterocycles. The summed E-state index contributed by atoms with van der Waals surface area (Å²) in [4.78, 5) is 35.1. The average molecular weight is 760 g/mol. The first-order valence-electron chi connectivity index (χ1n) is 23.5. The third-order valence-electron chi connectivity index (χ3n) is 10.6. The summed E-state index contributed by atoms with van der Waals surface area (Å²) in [6.45, 7) is 4.23. The summed E-state index contributed by atoms with van der Waals surface area (Å²) in [6.07, 6.45) is 53.1. The Bertz CT molecular complexity index is 884. The average Bonchev–Trinajstić information content (AvgIpc) is 3.16. The molecule has 0 aromatic rings. The second-order valence-electron chi connectivity index (χ2n) is 16.0. The Labute approximate surface area is 334 Å². The van der Waals surface area contributed by atoms with Gasteiger partial charge < -0.3 is 15.2 Å². The van der Waals surface area contributed by atoms with Gasteiger partial charge in [-0.25, -0.2) is 0 Å². The summed E-state index contributed by atoms with van der Waals surface area (Å²) in [6, 6.07) is 0. The Kier molecular flexibility index (Phi) is 41.9. The van der Waals surface area contributed by atoms with Gasteiger partial charge in [0.2, 0.25) is 5.91 Å². The highest BCUT2D eigenvalue weighted by Crippen LogP contribution is 2.18. The van der Waals surface area contributed by atoms with Crippen LogP contribution in [0.1, 0.15) is 251 Å². The molecule has 6 nitrogen and oxygen atoms in total. The molecule has 0 rings (SSSR count). The SMILES string of the molecule is CCCCCCC/C=C\C/C=C\CCCC(CCCCCCCC(=O)NCC(=O)O)OC(=O)CCCCCCCCCCCCCCCCCCCCC. The van der Waals surface area contributed by atoms with Crippen LogP contribution in [0.5, 0.6) is 0 Å². The van der Waals surface area contributed by atoms with E-state index in [4.69, 9.17) is 9.84 Å². The van der Waals surface area contributed by atoms with Crippen LogP contribution in [0.2, 0.25) is 0 Å². The molecule has 0 aromatic heterocycles. The minimum Gasteiger partial charge on any atom is -0.480 e. The summed E-state index contributed by atoms with van der Waals surface area (Å²) in [5.74, 6) is -1.25. The van der Waals surface area contributed by atoms with Gasteiger partial charge in [0.05, 0.1) is 0 Å². The van der Waals surface area contributed by atoms with Crippen molar-refractivity contribution in [2.75, 3.05) is 6.54 Å². The van der Waals surface area contributed by atoms with Gasteiger partial charge in [0.15, 0.2) is 0 Å². The van der Waals surface area contributed by atoms with Gasteiger partial charge in [-0.1, -0.05) is 199 Å². The van der Waals surface area contributed by atoms with Crippen molar-refractivity contribution in [2.24, 2.45) is 0 Å². The fourth-order valence-corrected chi connectivity index (χ4v) is 7.14. The van der Waals surface area contributed by atoms with Crippen LogP contribution in [0.4, 0.5) is 0 Å². The number of carboxylic acids is 1. The van der Waals surface area contributed by atoms with Gasteiger partial charge in [0.25, 0.3) is 0 Å². The van der Waals surface area contributed by atoms with Gasteiger partial charge in [-0.3, -0.25) is 14.4 Å². The highest BCUT2D eigenvalue weighted by Gasteiger charge is 2.14. The number of nitrogens with one attached hydrogen (secondary N) is 1. The van der Waals surface area contributed by atoms with E-state index in [0.29, 0.717) is 12.8 Å². The van der Waals surface area contributed by atoms with Crippen molar-refractivity contribution < 1.29 is 24.2 Å². The molecular weight excluding hydrogens is 671 g/mol. The lowest BCUT2D eigenvalue weighted by Gasteiger charge is -2.18. The van der Waals surface area contributed by atoms with Gasteiger partial charge in [-0.15, -0.1) is 0 Å². The zero-order chi connectivity index (χ0) is 39.4. The zero-order valence-corrected chi connectivity index (χ0v) is 35.8. The monoisotopic (exact) mass is 760 g/mol. The molecule has 1 atom stereocenters. The molecule has 0 saturated heterocycles. The highest BCUT2D eigenvalue weighted by atomic mass is 16.5. The number of allylic oxidation sites excluding steroid dienone is 4. The number of esters is 1. The molecule has 0 bridgehead atoms. The first-order valence-corrected chi connectivity index (χ1v) is 23.5. The molecular formula is C48H89NO5. The van der Waals surface area contributed by atoms with Crippen molar-refractivity contribution in [3.63, 3.8) is 0 Å². The van der Waals surface area contributed by atoms with Crippen LogP contribution in [0.3, 0.4) is 0 Å². The van der Waals surface area contributed by atoms with E-state index in [1.54, 1.807) is 0 Å². The number of carbonyl (C=O) groups excluding carboxylic acids is 2. The normalized spacial score (nSPS) is 12.2. The van der Waals surface area contributed by atoms with Crippen LogP contribution in [0.15, 0.2) is 24.3 Å². The first-order chi connectivity index (χ1) is 26.5. The van der Waals surface area contributed by atoms with Crippen LogP contribution in [0, 0.1) is 0 Å². The van der Waals surface area contributed by atoms with Crippen molar-refractivity contribution in [3.8, 4) is 0 Å². The van der Waals surface area contributed by atoms with Crippen molar-refractivity contribution in [1.82, 2.24) is 5.32 Å². The summed E-state index contributed by atoms with van der Waals surface area (Å²) < 4.78 is 6.02. The molecule has 0 aromatic carbocycles. The minimum absolute atomic E-state index is 0.0133. The fourth-order valence-electron chi connectivity index (χ4n) is 7.14. The predicted molar refractivity (Wildman–Crippen MR) is 231 cm³/mol. The first kappa shape index (κ1) is 51.9. The lowest BCUT2D eigenvalue weighted by atomic mass is 10.0. The second-order valence-corrected chi connectivity index (χ2v) is 16.0. The number of hydrogen-bond donors (Lipinski definition) is 2. The number of carboxylic acid groups (broad SMARTS) is 1. The molecule has 0 saturated carbocycles. The minimum atomic E-state index is -1.02. The number of unbranched alkanes of at least 4 members (excludes halogenated alkanes) is 28. The number of amides is 1. The maximum Gasteiger partial charge on any atom is 0.322 e. The van der Waals surface area contributed by atoms with Crippen molar-refractivity contribution in [1.29, 1.82) is 0 Å². The molecule has 0 aliphatic heterocycles.